The van der Waals surface area contributed by atoms with Crippen molar-refractivity contribution in [2.45, 2.75) is 26.3 Å². The van der Waals surface area contributed by atoms with Gasteiger partial charge in [-0.25, -0.2) is 4.98 Å². The Morgan fingerprint density at radius 3 is 2.88 bits per heavy atom. The monoisotopic (exact) mass is 364 g/mol. The fraction of sp³-hybridized carbons (Fsp3) is 0.778. The maximum Gasteiger partial charge on any atom is 0.194 e. The minimum absolute atomic E-state index is 0.472. The third kappa shape index (κ3) is 5.14. The van der Waals surface area contributed by atoms with Crippen LogP contribution in [-0.4, -0.2) is 82.6 Å². The molecule has 7 heteroatoms. The highest BCUT2D eigenvalue weighted by Crippen LogP contribution is 2.27. The Morgan fingerprint density at radius 2 is 2.16 bits per heavy atom. The molecule has 2 aliphatic rings. The molecule has 2 unspecified atom stereocenters. The molecule has 25 heavy (non-hydrogen) atoms. The second-order valence-corrected chi connectivity index (χ2v) is 8.20. The highest BCUT2D eigenvalue weighted by Gasteiger charge is 2.28. The minimum atomic E-state index is 0.472. The van der Waals surface area contributed by atoms with E-state index in [4.69, 9.17) is 4.99 Å². The lowest BCUT2D eigenvalue weighted by Crippen LogP contribution is -2.49. The zero-order chi connectivity index (χ0) is 17.5. The number of imidazole rings is 1. The lowest BCUT2D eigenvalue weighted by molar-refractivity contribution is 0.188. The number of nitrogens with one attached hydrogen (secondary N) is 1. The van der Waals surface area contributed by atoms with Gasteiger partial charge in [-0.3, -0.25) is 9.89 Å². The smallest absolute Gasteiger partial charge is 0.194 e. The molecule has 1 aromatic heterocycles. The predicted molar refractivity (Wildman–Crippen MR) is 106 cm³/mol. The first-order valence-corrected chi connectivity index (χ1v) is 10.7. The van der Waals surface area contributed by atoms with Crippen molar-refractivity contribution in [3.8, 4) is 0 Å². The van der Waals surface area contributed by atoms with Crippen LogP contribution in [-0.2, 0) is 0 Å². The van der Waals surface area contributed by atoms with Crippen LogP contribution in [0.25, 0.3) is 0 Å². The number of hydrogen-bond acceptors (Lipinski definition) is 4. The molecule has 1 aromatic rings. The summed E-state index contributed by atoms with van der Waals surface area (Å²) >= 11 is 2.06. The van der Waals surface area contributed by atoms with Gasteiger partial charge in [0.15, 0.2) is 5.96 Å². The maximum absolute atomic E-state index is 4.93. The normalized spacial score (nSPS) is 26.0. The summed E-state index contributed by atoms with van der Waals surface area (Å²) in [6.07, 6.45) is 7.10. The van der Waals surface area contributed by atoms with E-state index >= 15 is 0 Å². The molecule has 0 saturated carbocycles. The van der Waals surface area contributed by atoms with Crippen LogP contribution >= 0.6 is 11.8 Å². The molecule has 2 saturated heterocycles. The number of nitrogens with zero attached hydrogens (tertiary/aromatic N) is 5. The third-order valence-corrected chi connectivity index (χ3v) is 6.18. The molecule has 3 rings (SSSR count). The van der Waals surface area contributed by atoms with Crippen LogP contribution in [0.15, 0.2) is 23.7 Å². The topological polar surface area (TPSA) is 48.7 Å². The predicted octanol–water partition coefficient (Wildman–Crippen LogP) is 1.78. The van der Waals surface area contributed by atoms with Gasteiger partial charge in [0.05, 0.1) is 18.9 Å². The van der Waals surface area contributed by atoms with E-state index in [1.807, 2.05) is 12.5 Å². The van der Waals surface area contributed by atoms with Gasteiger partial charge in [-0.05, 0) is 19.3 Å². The van der Waals surface area contributed by atoms with Crippen LogP contribution in [0.1, 0.15) is 26.3 Å². The number of aliphatic imine (C=N–C) groups is 1. The Morgan fingerprint density at radius 1 is 1.32 bits per heavy atom. The average molecular weight is 365 g/mol. The van der Waals surface area contributed by atoms with Gasteiger partial charge in [0, 0.05) is 63.2 Å². The van der Waals surface area contributed by atoms with Gasteiger partial charge in [0.25, 0.3) is 0 Å². The van der Waals surface area contributed by atoms with E-state index in [1.165, 1.54) is 31.0 Å². The van der Waals surface area contributed by atoms with Crippen LogP contribution in [0.4, 0.5) is 0 Å². The number of guanidine groups is 1. The largest absolute Gasteiger partial charge is 0.357 e. The quantitative estimate of drug-likeness (QED) is 0.637. The van der Waals surface area contributed by atoms with Crippen molar-refractivity contribution < 1.29 is 0 Å². The number of rotatable bonds is 5. The van der Waals surface area contributed by atoms with Gasteiger partial charge in [0.1, 0.15) is 0 Å². The van der Waals surface area contributed by atoms with Gasteiger partial charge in [-0.2, -0.15) is 11.8 Å². The van der Waals surface area contributed by atoms with Crippen molar-refractivity contribution in [1.29, 1.82) is 0 Å². The first-order chi connectivity index (χ1) is 12.3. The molecule has 2 fully saturated rings. The molecule has 0 spiro atoms. The van der Waals surface area contributed by atoms with Crippen LogP contribution in [0.2, 0.25) is 0 Å². The lowest BCUT2D eigenvalue weighted by atomic mass is 9.93. The fourth-order valence-corrected chi connectivity index (χ4v) is 4.62. The Balaban J connectivity index is 1.59. The zero-order valence-corrected chi connectivity index (χ0v) is 16.4. The average Bonchev–Trinajstić information content (AvgIpc) is 3.17. The molecule has 3 heterocycles. The SMILES string of the molecule is CCNC(=NCCN1CCSCC1)N1CCC(C)C(n2ccnc2)C1. The molecular formula is C18H32N6S. The summed E-state index contributed by atoms with van der Waals surface area (Å²) in [5.74, 6) is 4.27. The van der Waals surface area contributed by atoms with Crippen molar-refractivity contribution in [1.82, 2.24) is 24.7 Å². The van der Waals surface area contributed by atoms with Gasteiger partial charge in [0.2, 0.25) is 0 Å². The number of hydrogen-bond donors (Lipinski definition) is 1. The zero-order valence-electron chi connectivity index (χ0n) is 15.6. The van der Waals surface area contributed by atoms with E-state index in [9.17, 15) is 0 Å². The number of thioether (sulfide) groups is 1. The summed E-state index contributed by atoms with van der Waals surface area (Å²) in [4.78, 5) is 14.1. The van der Waals surface area contributed by atoms with Gasteiger partial charge < -0.3 is 14.8 Å². The lowest BCUT2D eigenvalue weighted by Gasteiger charge is -2.39. The number of piperidine rings is 1. The van der Waals surface area contributed by atoms with E-state index in [-0.39, 0.29) is 0 Å². The van der Waals surface area contributed by atoms with E-state index in [0.29, 0.717) is 12.0 Å². The van der Waals surface area contributed by atoms with Crippen LogP contribution in [0.3, 0.4) is 0 Å². The molecule has 1 N–H and O–H groups in total. The van der Waals surface area contributed by atoms with Gasteiger partial charge in [-0.15, -0.1) is 0 Å². The van der Waals surface area contributed by atoms with Gasteiger partial charge >= 0.3 is 0 Å². The Hall–Kier alpha value is -1.21. The molecule has 0 aliphatic carbocycles. The molecule has 140 valence electrons. The van der Waals surface area contributed by atoms with E-state index in [2.05, 4.69) is 56.5 Å². The maximum atomic E-state index is 4.93. The summed E-state index contributed by atoms with van der Waals surface area (Å²) in [6, 6.07) is 0.472. The third-order valence-electron chi connectivity index (χ3n) is 5.24. The number of likely N-dealkylation sites (tertiary alicyclic amines) is 1. The summed E-state index contributed by atoms with van der Waals surface area (Å²) in [5, 5.41) is 3.50. The highest BCUT2D eigenvalue weighted by atomic mass is 32.2. The summed E-state index contributed by atoms with van der Waals surface area (Å²) in [7, 11) is 0. The van der Waals surface area contributed by atoms with Crippen LogP contribution < -0.4 is 5.32 Å². The van der Waals surface area contributed by atoms with Crippen LogP contribution in [0, 0.1) is 5.92 Å². The van der Waals surface area contributed by atoms with Crippen molar-refractivity contribution >= 4 is 17.7 Å². The molecule has 0 radical (unpaired) electrons. The van der Waals surface area contributed by atoms with Crippen molar-refractivity contribution in [2.24, 2.45) is 10.9 Å². The van der Waals surface area contributed by atoms with E-state index < -0.39 is 0 Å². The van der Waals surface area contributed by atoms with Crippen molar-refractivity contribution in [3.05, 3.63) is 18.7 Å². The Bertz CT molecular complexity index is 526. The molecule has 2 atom stereocenters. The van der Waals surface area contributed by atoms with E-state index in [0.717, 1.165) is 38.7 Å². The molecular weight excluding hydrogens is 332 g/mol. The summed E-state index contributed by atoms with van der Waals surface area (Å²) in [5.41, 5.74) is 0. The number of aromatic nitrogens is 2. The van der Waals surface area contributed by atoms with Crippen LogP contribution in [0.5, 0.6) is 0 Å². The summed E-state index contributed by atoms with van der Waals surface area (Å²) < 4.78 is 2.26. The molecule has 0 amide bonds. The minimum Gasteiger partial charge on any atom is -0.357 e. The first kappa shape index (κ1) is 18.6. The molecule has 6 nitrogen and oxygen atoms in total. The molecule has 0 aromatic carbocycles. The van der Waals surface area contributed by atoms with E-state index in [1.54, 1.807) is 0 Å². The Kier molecular flexibility index (Phi) is 7.04. The molecule has 2 aliphatic heterocycles. The second-order valence-electron chi connectivity index (χ2n) is 6.98. The fourth-order valence-electron chi connectivity index (χ4n) is 3.64. The second kappa shape index (κ2) is 9.48. The van der Waals surface area contributed by atoms with Gasteiger partial charge in [-0.1, -0.05) is 6.92 Å². The van der Waals surface area contributed by atoms with Crippen molar-refractivity contribution in [2.75, 3.05) is 57.3 Å². The standard InChI is InChI=1S/C18H32N6S/c1-3-20-18(21-6-8-22-10-12-25-13-11-22)23-7-4-16(2)17(14-23)24-9-5-19-15-24/h5,9,15-17H,3-4,6-8,10-14H2,1-2H3,(H,20,21). The summed E-state index contributed by atoms with van der Waals surface area (Å²) in [6.45, 7) is 11.9. The molecule has 0 bridgehead atoms. The Labute approximate surface area is 156 Å². The van der Waals surface area contributed by atoms with Crippen molar-refractivity contribution in [3.63, 3.8) is 0 Å². The first-order valence-electron chi connectivity index (χ1n) is 9.58. The highest BCUT2D eigenvalue weighted by molar-refractivity contribution is 7.99.